The molecule has 2 rings (SSSR count). The van der Waals surface area contributed by atoms with Crippen LogP contribution in [0.2, 0.25) is 0 Å². The fourth-order valence-electron chi connectivity index (χ4n) is 1.45. The number of thiocarbonyl (C=S) groups is 1. The number of benzene rings is 1. The summed E-state index contributed by atoms with van der Waals surface area (Å²) >= 11 is 5.13. The number of methoxy groups -OCH3 is 1. The van der Waals surface area contributed by atoms with E-state index in [2.05, 4.69) is 16.2 Å². The number of rotatable bonds is 5. The van der Waals surface area contributed by atoms with Gasteiger partial charge in [0.15, 0.2) is 5.11 Å². The van der Waals surface area contributed by atoms with Gasteiger partial charge in [0.05, 0.1) is 25.6 Å². The molecular weight excluding hydrogens is 262 g/mol. The van der Waals surface area contributed by atoms with Crippen molar-refractivity contribution in [2.24, 2.45) is 0 Å². The van der Waals surface area contributed by atoms with E-state index in [1.165, 1.54) is 0 Å². The summed E-state index contributed by atoms with van der Waals surface area (Å²) in [5, 5.41) is 3.50. The van der Waals surface area contributed by atoms with Crippen molar-refractivity contribution in [2.75, 3.05) is 12.5 Å². The van der Waals surface area contributed by atoms with Crippen LogP contribution in [0.5, 0.6) is 5.75 Å². The number of hydrogen-bond donors (Lipinski definition) is 3. The Balaban J connectivity index is 1.76. The van der Waals surface area contributed by atoms with E-state index in [0.29, 0.717) is 11.7 Å². The summed E-state index contributed by atoms with van der Waals surface area (Å²) in [6.45, 7) is 0.540. The minimum atomic E-state index is 0.485. The van der Waals surface area contributed by atoms with Gasteiger partial charge in [0.2, 0.25) is 0 Å². The van der Waals surface area contributed by atoms with E-state index in [4.69, 9.17) is 21.4 Å². The lowest BCUT2D eigenvalue weighted by molar-refractivity contribution is 0.415. The number of furan rings is 1. The predicted molar refractivity (Wildman–Crippen MR) is 77.9 cm³/mol. The largest absolute Gasteiger partial charge is 0.497 e. The Labute approximate surface area is 116 Å². The van der Waals surface area contributed by atoms with E-state index >= 15 is 0 Å². The molecule has 2 aromatic rings. The van der Waals surface area contributed by atoms with E-state index in [-0.39, 0.29) is 0 Å². The van der Waals surface area contributed by atoms with Gasteiger partial charge in [-0.3, -0.25) is 10.9 Å². The van der Waals surface area contributed by atoms with Crippen LogP contribution in [0.15, 0.2) is 47.1 Å². The summed E-state index contributed by atoms with van der Waals surface area (Å²) in [6.07, 6.45) is 1.63. The number of nitrogens with one attached hydrogen (secondary N) is 3. The lowest BCUT2D eigenvalue weighted by atomic mass is 10.3. The third-order valence-corrected chi connectivity index (χ3v) is 2.64. The van der Waals surface area contributed by atoms with Crippen LogP contribution < -0.4 is 20.9 Å². The quantitative estimate of drug-likeness (QED) is 0.576. The fraction of sp³-hybridized carbons (Fsp3) is 0.154. The molecule has 6 heteroatoms. The fourth-order valence-corrected chi connectivity index (χ4v) is 1.58. The molecule has 0 bridgehead atoms. The second-order valence-corrected chi connectivity index (χ2v) is 4.15. The first kappa shape index (κ1) is 13.2. The Morgan fingerprint density at radius 3 is 2.95 bits per heavy atom. The maximum Gasteiger partial charge on any atom is 0.185 e. The standard InChI is InChI=1S/C13H15N3O2S/c1-17-11-5-2-4-10(8-11)15-16-13(19)14-9-12-6-3-7-18-12/h2-8,15H,9H2,1H3,(H2,14,16,19). The third kappa shape index (κ3) is 4.18. The van der Waals surface area contributed by atoms with Crippen molar-refractivity contribution in [2.45, 2.75) is 6.54 Å². The highest BCUT2D eigenvalue weighted by Gasteiger charge is 1.99. The summed E-state index contributed by atoms with van der Waals surface area (Å²) in [4.78, 5) is 0. The Kier molecular flexibility index (Phi) is 4.63. The summed E-state index contributed by atoms with van der Waals surface area (Å²) < 4.78 is 10.3. The average molecular weight is 277 g/mol. The number of anilines is 1. The lowest BCUT2D eigenvalue weighted by Crippen LogP contribution is -2.38. The Morgan fingerprint density at radius 2 is 2.21 bits per heavy atom. The summed E-state index contributed by atoms with van der Waals surface area (Å²) in [6, 6.07) is 11.3. The van der Waals surface area contributed by atoms with Gasteiger partial charge in [-0.25, -0.2) is 0 Å². The average Bonchev–Trinajstić information content (AvgIpc) is 2.96. The van der Waals surface area contributed by atoms with E-state index in [1.807, 2.05) is 36.4 Å². The van der Waals surface area contributed by atoms with E-state index < -0.39 is 0 Å². The molecule has 0 unspecified atom stereocenters. The van der Waals surface area contributed by atoms with Gasteiger partial charge < -0.3 is 14.5 Å². The second kappa shape index (κ2) is 6.65. The molecular formula is C13H15N3O2S. The van der Waals surface area contributed by atoms with Crippen molar-refractivity contribution in [1.82, 2.24) is 10.7 Å². The van der Waals surface area contributed by atoms with Crippen LogP contribution in [0.1, 0.15) is 5.76 Å². The molecule has 0 radical (unpaired) electrons. The molecule has 0 spiro atoms. The minimum absolute atomic E-state index is 0.485. The molecule has 19 heavy (non-hydrogen) atoms. The van der Waals surface area contributed by atoms with E-state index in [9.17, 15) is 0 Å². The zero-order chi connectivity index (χ0) is 13.5. The maximum atomic E-state index is 5.19. The number of ether oxygens (including phenoxy) is 1. The topological polar surface area (TPSA) is 58.5 Å². The minimum Gasteiger partial charge on any atom is -0.497 e. The van der Waals surface area contributed by atoms with Gasteiger partial charge in [-0.1, -0.05) is 6.07 Å². The first-order valence-corrected chi connectivity index (χ1v) is 6.15. The van der Waals surface area contributed by atoms with Crippen LogP contribution in [0.3, 0.4) is 0 Å². The first-order chi connectivity index (χ1) is 9.28. The molecule has 5 nitrogen and oxygen atoms in total. The van der Waals surface area contributed by atoms with Gasteiger partial charge in [-0.15, -0.1) is 0 Å². The molecule has 1 aromatic carbocycles. The van der Waals surface area contributed by atoms with Gasteiger partial charge in [-0.05, 0) is 36.5 Å². The summed E-state index contributed by atoms with van der Waals surface area (Å²) in [5.41, 5.74) is 6.73. The van der Waals surface area contributed by atoms with Gasteiger partial charge in [0.25, 0.3) is 0 Å². The Hall–Kier alpha value is -2.21. The molecule has 0 amide bonds. The van der Waals surface area contributed by atoms with Crippen molar-refractivity contribution >= 4 is 23.0 Å². The molecule has 0 aliphatic heterocycles. The first-order valence-electron chi connectivity index (χ1n) is 5.74. The van der Waals surface area contributed by atoms with E-state index in [0.717, 1.165) is 17.2 Å². The van der Waals surface area contributed by atoms with Crippen molar-refractivity contribution in [3.05, 3.63) is 48.4 Å². The highest BCUT2D eigenvalue weighted by Crippen LogP contribution is 2.15. The highest BCUT2D eigenvalue weighted by atomic mass is 32.1. The van der Waals surface area contributed by atoms with Gasteiger partial charge >= 0.3 is 0 Å². The normalized spacial score (nSPS) is 9.74. The predicted octanol–water partition coefficient (Wildman–Crippen LogP) is 2.28. The summed E-state index contributed by atoms with van der Waals surface area (Å²) in [7, 11) is 1.63. The molecule has 1 aromatic heterocycles. The van der Waals surface area contributed by atoms with Crippen LogP contribution in [-0.2, 0) is 6.54 Å². The van der Waals surface area contributed by atoms with Gasteiger partial charge in [-0.2, -0.15) is 0 Å². The van der Waals surface area contributed by atoms with Gasteiger partial charge in [0, 0.05) is 6.07 Å². The highest BCUT2D eigenvalue weighted by molar-refractivity contribution is 7.80. The van der Waals surface area contributed by atoms with Crippen molar-refractivity contribution in [3.8, 4) is 5.75 Å². The van der Waals surface area contributed by atoms with Crippen LogP contribution in [-0.4, -0.2) is 12.2 Å². The molecule has 0 aliphatic rings. The SMILES string of the molecule is COc1cccc(NNC(=S)NCc2ccco2)c1. The molecule has 0 aliphatic carbocycles. The van der Waals surface area contributed by atoms with Crippen LogP contribution >= 0.6 is 12.2 Å². The smallest absolute Gasteiger partial charge is 0.185 e. The Bertz CT molecular complexity index is 528. The second-order valence-electron chi connectivity index (χ2n) is 3.74. The number of hydrazine groups is 1. The Morgan fingerprint density at radius 1 is 1.32 bits per heavy atom. The maximum absolute atomic E-state index is 5.19. The molecule has 0 saturated carbocycles. The molecule has 1 heterocycles. The molecule has 0 saturated heterocycles. The lowest BCUT2D eigenvalue weighted by Gasteiger charge is -2.12. The zero-order valence-electron chi connectivity index (χ0n) is 10.5. The van der Waals surface area contributed by atoms with Crippen LogP contribution in [0.25, 0.3) is 0 Å². The van der Waals surface area contributed by atoms with Crippen molar-refractivity contribution < 1.29 is 9.15 Å². The van der Waals surface area contributed by atoms with Gasteiger partial charge in [0.1, 0.15) is 11.5 Å². The monoisotopic (exact) mass is 277 g/mol. The molecule has 0 atom stereocenters. The number of hydrogen-bond acceptors (Lipinski definition) is 4. The van der Waals surface area contributed by atoms with Crippen molar-refractivity contribution in [3.63, 3.8) is 0 Å². The third-order valence-electron chi connectivity index (χ3n) is 2.39. The molecule has 3 N–H and O–H groups in total. The molecule has 0 fully saturated rings. The summed E-state index contributed by atoms with van der Waals surface area (Å²) in [5.74, 6) is 1.60. The van der Waals surface area contributed by atoms with E-state index in [1.54, 1.807) is 13.4 Å². The molecule has 100 valence electrons. The van der Waals surface area contributed by atoms with Crippen molar-refractivity contribution in [1.29, 1.82) is 0 Å². The van der Waals surface area contributed by atoms with Crippen LogP contribution in [0, 0.1) is 0 Å². The van der Waals surface area contributed by atoms with Crippen LogP contribution in [0.4, 0.5) is 5.69 Å². The zero-order valence-corrected chi connectivity index (χ0v) is 11.3.